The Kier molecular flexibility index (Phi) is 87.2. The van der Waals surface area contributed by atoms with Crippen LogP contribution < -0.4 is 0 Å². The summed E-state index contributed by atoms with van der Waals surface area (Å²) in [5, 5.41) is 0. The number of hydrogen-bond acceptors (Lipinski definition) is 2. The van der Waals surface area contributed by atoms with E-state index in [1.807, 2.05) is 13.8 Å². The van der Waals surface area contributed by atoms with Crippen molar-refractivity contribution in [2.75, 3.05) is 0 Å². The minimum atomic E-state index is 0.722. The monoisotopic (exact) mass is 1050 g/mol. The highest BCUT2D eigenvalue weighted by molar-refractivity contribution is 8.40. The van der Waals surface area contributed by atoms with Gasteiger partial charge in [0.15, 0.2) is 0 Å². The van der Waals surface area contributed by atoms with E-state index >= 15 is 0 Å². The maximum absolute atomic E-state index is 4.41. The molecule has 3 atom stereocenters. The molecule has 0 aliphatic heterocycles. The van der Waals surface area contributed by atoms with Crippen molar-refractivity contribution in [2.45, 2.75) is 276 Å². The molecule has 410 valence electrons. The van der Waals surface area contributed by atoms with Gasteiger partial charge in [-0.25, -0.2) is 0 Å². The first-order chi connectivity index (χ1) is 33.2. The van der Waals surface area contributed by atoms with Crippen molar-refractivity contribution in [3.05, 3.63) is 0 Å². The van der Waals surface area contributed by atoms with Crippen LogP contribution in [-0.4, -0.2) is 0 Å². The van der Waals surface area contributed by atoms with Gasteiger partial charge in [0, 0.05) is 91.1 Å². The zero-order valence-corrected chi connectivity index (χ0v) is 55.7. The molecular weight excluding hydrogens is 931 g/mol. The fourth-order valence-corrected chi connectivity index (χ4v) is 3.72. The van der Waals surface area contributed by atoms with Gasteiger partial charge in [0.05, 0.1) is 0 Å². The van der Waals surface area contributed by atoms with Crippen molar-refractivity contribution >= 4 is 37.7 Å². The zero-order chi connectivity index (χ0) is 56.8. The summed E-state index contributed by atoms with van der Waals surface area (Å²) >= 11 is 8.82. The molecule has 0 fully saturated rings. The van der Waals surface area contributed by atoms with Crippen LogP contribution in [0.5, 0.6) is 0 Å². The molecule has 0 aromatic carbocycles. The summed E-state index contributed by atoms with van der Waals surface area (Å²) < 4.78 is 0. The third-order valence-electron chi connectivity index (χ3n) is 9.05. The molecule has 0 N–H and O–H groups in total. The molecule has 0 saturated carbocycles. The molecule has 0 aromatic rings. The van der Waals surface area contributed by atoms with Crippen LogP contribution in [-0.2, 0) is 23.6 Å². The maximum atomic E-state index is 4.41. The molecule has 0 aliphatic rings. The van der Waals surface area contributed by atoms with Crippen molar-refractivity contribution < 1.29 is 0 Å². The Morgan fingerprint density at radius 3 is 0.451 bits per heavy atom. The van der Waals surface area contributed by atoms with Crippen molar-refractivity contribution in [1.29, 1.82) is 0 Å². The Bertz CT molecular complexity index is 1380. The van der Waals surface area contributed by atoms with Crippen molar-refractivity contribution in [3.63, 3.8) is 0 Å². The molecule has 0 saturated heterocycles. The Morgan fingerprint density at radius 2 is 0.366 bits per heavy atom. The molecule has 0 spiro atoms. The highest BCUT2D eigenvalue weighted by Gasteiger charge is 1.96. The predicted octanol–water partition coefficient (Wildman–Crippen LogP) is 22.4. The van der Waals surface area contributed by atoms with Gasteiger partial charge < -0.3 is 0 Å². The minimum Gasteiger partial charge on any atom is -0.107 e. The number of hydrogen-bond donors (Lipinski definition) is 0. The molecule has 0 amide bonds. The van der Waals surface area contributed by atoms with Crippen LogP contribution in [0, 0.1) is 154 Å². The van der Waals surface area contributed by atoms with Gasteiger partial charge in [-0.15, -0.1) is 82.9 Å². The highest BCUT2D eigenvalue weighted by atomic mass is 32.7. The normalized spacial score (nSPS) is 10.6. The van der Waals surface area contributed by atoms with Crippen LogP contribution in [0.15, 0.2) is 0 Å². The fourth-order valence-electron chi connectivity index (χ4n) is 3.72. The van der Waals surface area contributed by atoms with Crippen LogP contribution in [0.4, 0.5) is 0 Å². The van der Waals surface area contributed by atoms with E-state index in [0.29, 0.717) is 0 Å². The zero-order valence-electron chi connectivity index (χ0n) is 52.2. The molecule has 3 unspecified atom stereocenters. The average molecular weight is 1050 g/mol. The largest absolute Gasteiger partial charge is 0.107 e. The minimum absolute atomic E-state index is 0.722. The molecule has 0 heterocycles. The van der Waals surface area contributed by atoms with Gasteiger partial charge >= 0.3 is 0 Å². The highest BCUT2D eigenvalue weighted by Crippen LogP contribution is 2.10. The van der Waals surface area contributed by atoms with Crippen molar-refractivity contribution in [2.24, 2.45) is 71.0 Å². The Labute approximate surface area is 465 Å². The van der Waals surface area contributed by atoms with Crippen LogP contribution in [0.2, 0.25) is 0 Å². The second-order valence-electron chi connectivity index (χ2n) is 22.3. The second-order valence-corrected chi connectivity index (χ2v) is 26.6. The molecule has 0 aliphatic carbocycles. The van der Waals surface area contributed by atoms with Gasteiger partial charge in [0.2, 0.25) is 0 Å². The summed E-state index contributed by atoms with van der Waals surface area (Å²) in [5.41, 5.74) is 0. The van der Waals surface area contributed by atoms with E-state index in [1.54, 1.807) is 0 Å². The lowest BCUT2D eigenvalue weighted by atomic mass is 10.1. The van der Waals surface area contributed by atoms with Gasteiger partial charge in [0.25, 0.3) is 0 Å². The molecule has 0 radical (unpaired) electrons. The lowest BCUT2D eigenvalue weighted by Crippen LogP contribution is -1.88. The van der Waals surface area contributed by atoms with Crippen LogP contribution in [0.1, 0.15) is 276 Å². The smallest absolute Gasteiger partial charge is 0.0464 e. The Hall–Kier alpha value is -2.04. The van der Waals surface area contributed by atoms with Crippen LogP contribution >= 0.6 is 14.1 Å². The van der Waals surface area contributed by atoms with E-state index in [4.69, 9.17) is 0 Å². The molecule has 0 aromatic heterocycles. The van der Waals surface area contributed by atoms with E-state index in [-0.39, 0.29) is 0 Å². The molecule has 71 heavy (non-hydrogen) atoms. The van der Waals surface area contributed by atoms with Gasteiger partial charge in [-0.05, 0) is 108 Å². The van der Waals surface area contributed by atoms with Crippen LogP contribution in [0.25, 0.3) is 0 Å². The first-order valence-corrected chi connectivity index (χ1v) is 32.4. The SMILES string of the molecule is CC#CCC(C)C.CC#CCC(C)C.CC(C)CC#CCC(C)C.CC(C)CC#CCC(C)C.CCC(C)CC#CCC(C)C.CCC(C)CC#CCC(C)C.CCC(C)CC#CCC(C)C.S=PP=S. The van der Waals surface area contributed by atoms with E-state index in [0.717, 1.165) is 162 Å². The third kappa shape index (κ3) is 129. The predicted molar refractivity (Wildman–Crippen MR) is 342 cm³/mol. The van der Waals surface area contributed by atoms with Gasteiger partial charge in [-0.3, -0.25) is 0 Å². The topological polar surface area (TPSA) is 0 Å². The Balaban J connectivity index is -0.000000108. The summed E-state index contributed by atoms with van der Waals surface area (Å²) in [4.78, 5) is 0. The van der Waals surface area contributed by atoms with Crippen molar-refractivity contribution in [3.8, 4) is 82.9 Å². The first kappa shape index (κ1) is 85.7. The molecule has 4 heteroatoms. The number of rotatable bonds is 16. The lowest BCUT2D eigenvalue weighted by Gasteiger charge is -2.00. The second kappa shape index (κ2) is 72.2. The van der Waals surface area contributed by atoms with Crippen molar-refractivity contribution in [1.82, 2.24) is 0 Å². The van der Waals surface area contributed by atoms with Gasteiger partial charge in [0.1, 0.15) is 0 Å². The Morgan fingerprint density at radius 1 is 0.239 bits per heavy atom. The average Bonchev–Trinajstić information content (AvgIpc) is 3.30. The van der Waals surface area contributed by atoms with Gasteiger partial charge in [-0.2, -0.15) is 0 Å². The molecular formula is C67H120P2S2. The quantitative estimate of drug-likeness (QED) is 0.112. The third-order valence-corrected chi connectivity index (χ3v) is 11.7. The first-order valence-electron chi connectivity index (χ1n) is 27.9. The van der Waals surface area contributed by atoms with E-state index in [1.165, 1.54) is 19.3 Å². The molecule has 0 rings (SSSR count). The lowest BCUT2D eigenvalue weighted by molar-refractivity contribution is 0.579. The molecule has 0 nitrogen and oxygen atoms in total. The van der Waals surface area contributed by atoms with E-state index in [2.05, 4.69) is 273 Å². The maximum Gasteiger partial charge on any atom is 0.0464 e. The van der Waals surface area contributed by atoms with E-state index < -0.39 is 0 Å². The van der Waals surface area contributed by atoms with E-state index in [9.17, 15) is 0 Å². The summed E-state index contributed by atoms with van der Waals surface area (Å²) in [7, 11) is 1.74. The fraction of sp³-hybridized carbons (Fsp3) is 0.791. The summed E-state index contributed by atoms with van der Waals surface area (Å²) in [5.74, 6) is 52.4. The summed E-state index contributed by atoms with van der Waals surface area (Å²) in [6.07, 6.45) is 16.4. The molecule has 0 bridgehead atoms. The summed E-state index contributed by atoms with van der Waals surface area (Å²) in [6, 6.07) is 0. The van der Waals surface area contributed by atoms with Gasteiger partial charge in [-0.1, -0.05) is 185 Å². The summed E-state index contributed by atoms with van der Waals surface area (Å²) in [6.45, 7) is 56.7. The van der Waals surface area contributed by atoms with Crippen LogP contribution in [0.3, 0.4) is 0 Å². The standard InChI is InChI=1S/3C11H20.2C10H18.2C7H12.P2S2/c3*1-5-11(4)9-7-6-8-10(2)3;2*1-9(2)7-5-6-8-10(3)4;2*1-4-5-6-7(2)3;3-1-2-4/h3*10-11H,5,8-9H2,1-4H3;2*9-10H,7-8H2,1-4H3;2*7H,6H2,1-3H3;.